The molecule has 1 fully saturated rings. The summed E-state index contributed by atoms with van der Waals surface area (Å²) < 4.78 is 39.8. The van der Waals surface area contributed by atoms with Crippen LogP contribution >= 0.6 is 0 Å². The molecule has 1 aliphatic heterocycles. The van der Waals surface area contributed by atoms with Gasteiger partial charge in [0.2, 0.25) is 10.0 Å². The van der Waals surface area contributed by atoms with Gasteiger partial charge in [-0.15, -0.1) is 0 Å². The lowest BCUT2D eigenvalue weighted by Gasteiger charge is -2.19. The number of halogens is 1. The predicted molar refractivity (Wildman–Crippen MR) is 80.2 cm³/mol. The van der Waals surface area contributed by atoms with Crippen LogP contribution < -0.4 is 9.62 Å². The summed E-state index contributed by atoms with van der Waals surface area (Å²) >= 11 is 0. The highest BCUT2D eigenvalue weighted by molar-refractivity contribution is 7.92. The number of hydrogen-bond donors (Lipinski definition) is 1. The minimum Gasteiger partial charge on any atom is -0.371 e. The third kappa shape index (κ3) is 3.85. The molecule has 0 atom stereocenters. The van der Waals surface area contributed by atoms with Crippen LogP contribution in [0.15, 0.2) is 18.2 Å². The van der Waals surface area contributed by atoms with Crippen LogP contribution in [0.5, 0.6) is 0 Å². The molecular formula is C14H21FN2O2S. The zero-order valence-corrected chi connectivity index (χ0v) is 12.5. The highest BCUT2D eigenvalue weighted by Crippen LogP contribution is 2.26. The van der Waals surface area contributed by atoms with Crippen LogP contribution in [0.2, 0.25) is 0 Å². The van der Waals surface area contributed by atoms with Crippen LogP contribution in [0.4, 0.5) is 15.8 Å². The molecule has 6 heteroatoms. The molecular weight excluding hydrogens is 279 g/mol. The van der Waals surface area contributed by atoms with Gasteiger partial charge in [-0.25, -0.2) is 12.8 Å². The Morgan fingerprint density at radius 2 is 2.00 bits per heavy atom. The number of sulfonamides is 1. The number of nitrogens with zero attached hydrogens (tertiary/aromatic N) is 1. The molecule has 0 radical (unpaired) electrons. The maximum Gasteiger partial charge on any atom is 0.232 e. The Balaban J connectivity index is 2.16. The van der Waals surface area contributed by atoms with Crippen LogP contribution in [0, 0.1) is 5.82 Å². The van der Waals surface area contributed by atoms with Gasteiger partial charge < -0.3 is 4.90 Å². The van der Waals surface area contributed by atoms with Crippen molar-refractivity contribution in [2.75, 3.05) is 28.5 Å². The van der Waals surface area contributed by atoms with E-state index >= 15 is 0 Å². The average molecular weight is 300 g/mol. The Morgan fingerprint density at radius 3 is 2.65 bits per heavy atom. The summed E-state index contributed by atoms with van der Waals surface area (Å²) in [5.74, 6) is -0.510. The first kappa shape index (κ1) is 15.1. The molecule has 1 aromatic rings. The highest BCUT2D eigenvalue weighted by Gasteiger charge is 2.17. The van der Waals surface area contributed by atoms with E-state index in [1.54, 1.807) is 12.1 Å². The molecule has 0 amide bonds. The molecule has 0 unspecified atom stereocenters. The molecule has 0 aromatic heterocycles. The number of unbranched alkanes of at least 4 members (excludes halogenated alkanes) is 1. The van der Waals surface area contributed by atoms with Crippen molar-refractivity contribution >= 4 is 21.4 Å². The summed E-state index contributed by atoms with van der Waals surface area (Å²) in [6.45, 7) is 3.80. The maximum absolute atomic E-state index is 13.8. The fourth-order valence-electron chi connectivity index (χ4n) is 2.32. The van der Waals surface area contributed by atoms with Gasteiger partial charge in [0.15, 0.2) is 0 Å². The summed E-state index contributed by atoms with van der Waals surface area (Å²) in [6, 6.07) is 4.61. The van der Waals surface area contributed by atoms with E-state index in [0.29, 0.717) is 6.42 Å². The first-order chi connectivity index (χ1) is 9.52. The summed E-state index contributed by atoms with van der Waals surface area (Å²) in [5.41, 5.74) is 0.919. The van der Waals surface area contributed by atoms with Crippen molar-refractivity contribution in [1.29, 1.82) is 0 Å². The van der Waals surface area contributed by atoms with Gasteiger partial charge in [-0.05, 0) is 37.5 Å². The Morgan fingerprint density at radius 1 is 1.30 bits per heavy atom. The number of nitrogens with one attached hydrogen (secondary N) is 1. The molecule has 1 saturated heterocycles. The van der Waals surface area contributed by atoms with E-state index in [9.17, 15) is 12.8 Å². The van der Waals surface area contributed by atoms with Crippen molar-refractivity contribution in [3.8, 4) is 0 Å². The third-order valence-corrected chi connectivity index (χ3v) is 4.81. The van der Waals surface area contributed by atoms with Crippen molar-refractivity contribution in [2.24, 2.45) is 0 Å². The SMILES string of the molecule is CCCCS(=O)(=O)Nc1cc(N2CCCC2)ccc1F. The van der Waals surface area contributed by atoms with Gasteiger partial charge in [-0.2, -0.15) is 0 Å². The quantitative estimate of drug-likeness (QED) is 0.878. The topological polar surface area (TPSA) is 49.4 Å². The Labute approximate surface area is 120 Å². The predicted octanol–water partition coefficient (Wildman–Crippen LogP) is 2.97. The van der Waals surface area contributed by atoms with Gasteiger partial charge in [-0.1, -0.05) is 13.3 Å². The van der Waals surface area contributed by atoms with Gasteiger partial charge in [-0.3, -0.25) is 4.72 Å². The number of anilines is 2. The van der Waals surface area contributed by atoms with Crippen molar-refractivity contribution in [3.05, 3.63) is 24.0 Å². The normalized spacial score (nSPS) is 15.6. The zero-order valence-electron chi connectivity index (χ0n) is 11.7. The first-order valence-corrected chi connectivity index (χ1v) is 8.72. The number of rotatable bonds is 6. The Bertz CT molecular complexity index is 554. The van der Waals surface area contributed by atoms with E-state index in [4.69, 9.17) is 0 Å². The van der Waals surface area contributed by atoms with Crippen molar-refractivity contribution in [2.45, 2.75) is 32.6 Å². The van der Waals surface area contributed by atoms with Crippen LogP contribution in [-0.4, -0.2) is 27.3 Å². The summed E-state index contributed by atoms with van der Waals surface area (Å²) in [6.07, 6.45) is 3.60. The van der Waals surface area contributed by atoms with E-state index < -0.39 is 15.8 Å². The van der Waals surface area contributed by atoms with Gasteiger partial charge >= 0.3 is 0 Å². The molecule has 0 saturated carbocycles. The molecule has 0 spiro atoms. The fourth-order valence-corrected chi connectivity index (χ4v) is 3.58. The molecule has 0 aliphatic carbocycles. The lowest BCUT2D eigenvalue weighted by Crippen LogP contribution is -2.20. The maximum atomic E-state index is 13.8. The molecule has 1 heterocycles. The minimum atomic E-state index is -3.47. The lowest BCUT2D eigenvalue weighted by atomic mass is 10.2. The second kappa shape index (κ2) is 6.43. The molecule has 1 aliphatic rings. The molecule has 1 N–H and O–H groups in total. The summed E-state index contributed by atoms with van der Waals surface area (Å²) in [7, 11) is -3.47. The molecule has 112 valence electrons. The molecule has 2 rings (SSSR count). The van der Waals surface area contributed by atoms with Crippen LogP contribution in [-0.2, 0) is 10.0 Å². The van der Waals surface area contributed by atoms with E-state index in [1.165, 1.54) is 6.07 Å². The summed E-state index contributed by atoms with van der Waals surface area (Å²) in [4.78, 5) is 2.14. The third-order valence-electron chi connectivity index (χ3n) is 3.45. The Kier molecular flexibility index (Phi) is 4.86. The summed E-state index contributed by atoms with van der Waals surface area (Å²) in [5, 5.41) is 0. The first-order valence-electron chi connectivity index (χ1n) is 7.07. The Hall–Kier alpha value is -1.30. The van der Waals surface area contributed by atoms with E-state index in [1.807, 2.05) is 6.92 Å². The van der Waals surface area contributed by atoms with E-state index in [2.05, 4.69) is 9.62 Å². The minimum absolute atomic E-state index is 0.0247. The average Bonchev–Trinajstić information content (AvgIpc) is 2.93. The standard InChI is InChI=1S/C14H21FN2O2S/c1-2-3-10-20(18,19)16-14-11-12(6-7-13(14)15)17-8-4-5-9-17/h6-7,11,16H,2-5,8-10H2,1H3. The van der Waals surface area contributed by atoms with Crippen LogP contribution in [0.25, 0.3) is 0 Å². The van der Waals surface area contributed by atoms with Gasteiger partial charge in [0.25, 0.3) is 0 Å². The molecule has 1 aromatic carbocycles. The van der Waals surface area contributed by atoms with E-state index in [0.717, 1.165) is 38.0 Å². The van der Waals surface area contributed by atoms with Crippen molar-refractivity contribution in [3.63, 3.8) is 0 Å². The lowest BCUT2D eigenvalue weighted by molar-refractivity contribution is 0.595. The second-order valence-corrected chi connectivity index (χ2v) is 6.97. The highest BCUT2D eigenvalue weighted by atomic mass is 32.2. The van der Waals surface area contributed by atoms with Gasteiger partial charge in [0.05, 0.1) is 11.4 Å². The molecule has 20 heavy (non-hydrogen) atoms. The van der Waals surface area contributed by atoms with Crippen molar-refractivity contribution in [1.82, 2.24) is 0 Å². The van der Waals surface area contributed by atoms with Gasteiger partial charge in [0, 0.05) is 18.8 Å². The zero-order chi connectivity index (χ0) is 14.6. The molecule has 0 bridgehead atoms. The van der Waals surface area contributed by atoms with E-state index in [-0.39, 0.29) is 11.4 Å². The van der Waals surface area contributed by atoms with Crippen LogP contribution in [0.3, 0.4) is 0 Å². The number of hydrogen-bond acceptors (Lipinski definition) is 3. The van der Waals surface area contributed by atoms with Gasteiger partial charge in [0.1, 0.15) is 5.82 Å². The van der Waals surface area contributed by atoms with Crippen molar-refractivity contribution < 1.29 is 12.8 Å². The smallest absolute Gasteiger partial charge is 0.232 e. The second-order valence-electron chi connectivity index (χ2n) is 5.13. The largest absolute Gasteiger partial charge is 0.371 e. The molecule has 4 nitrogen and oxygen atoms in total. The van der Waals surface area contributed by atoms with Crippen LogP contribution in [0.1, 0.15) is 32.6 Å². The fraction of sp³-hybridized carbons (Fsp3) is 0.571. The number of benzene rings is 1. The monoisotopic (exact) mass is 300 g/mol.